The zero-order chi connectivity index (χ0) is 12.8. The van der Waals surface area contributed by atoms with E-state index in [1.54, 1.807) is 11.8 Å². The molecule has 2 rings (SSSR count). The molecule has 0 spiro atoms. The third kappa shape index (κ3) is 4.01. The van der Waals surface area contributed by atoms with E-state index in [-0.39, 0.29) is 0 Å². The van der Waals surface area contributed by atoms with Crippen molar-refractivity contribution < 1.29 is 4.52 Å². The number of hydrogen-bond acceptors (Lipinski definition) is 5. The van der Waals surface area contributed by atoms with Crippen molar-refractivity contribution in [2.45, 2.75) is 23.5 Å². The van der Waals surface area contributed by atoms with Gasteiger partial charge in [0.2, 0.25) is 5.89 Å². The molecular formula is C12H14ClN3OS. The first kappa shape index (κ1) is 13.4. The highest BCUT2D eigenvalue weighted by Gasteiger charge is 2.06. The molecule has 0 unspecified atom stereocenters. The van der Waals surface area contributed by atoms with Gasteiger partial charge in [-0.1, -0.05) is 22.8 Å². The van der Waals surface area contributed by atoms with Crippen LogP contribution in [0.15, 0.2) is 33.7 Å². The highest BCUT2D eigenvalue weighted by Crippen LogP contribution is 2.24. The predicted octanol–water partition coefficient (Wildman–Crippen LogP) is 2.91. The molecule has 0 bridgehead atoms. The minimum Gasteiger partial charge on any atom is -0.339 e. The largest absolute Gasteiger partial charge is 0.339 e. The van der Waals surface area contributed by atoms with E-state index in [1.165, 1.54) is 0 Å². The van der Waals surface area contributed by atoms with Crippen molar-refractivity contribution in [3.63, 3.8) is 0 Å². The van der Waals surface area contributed by atoms with Crippen LogP contribution in [0.1, 0.15) is 18.1 Å². The normalized spacial score (nSPS) is 10.8. The van der Waals surface area contributed by atoms with Gasteiger partial charge in [0.25, 0.3) is 0 Å². The zero-order valence-electron chi connectivity index (χ0n) is 9.80. The SMILES string of the molecule is NCCCc1nc(CSc2cccc(Cl)c2)no1. The Bertz CT molecular complexity index is 504. The summed E-state index contributed by atoms with van der Waals surface area (Å²) in [6.07, 6.45) is 1.61. The highest BCUT2D eigenvalue weighted by molar-refractivity contribution is 7.98. The molecule has 0 fully saturated rings. The van der Waals surface area contributed by atoms with Gasteiger partial charge in [-0.15, -0.1) is 11.8 Å². The lowest BCUT2D eigenvalue weighted by Crippen LogP contribution is -2.00. The molecule has 0 saturated carbocycles. The molecule has 0 aliphatic carbocycles. The number of hydrogen-bond donors (Lipinski definition) is 1. The van der Waals surface area contributed by atoms with Gasteiger partial charge in [-0.25, -0.2) is 0 Å². The number of halogens is 1. The monoisotopic (exact) mass is 283 g/mol. The number of aryl methyl sites for hydroxylation is 1. The van der Waals surface area contributed by atoms with Crippen LogP contribution in [0, 0.1) is 0 Å². The molecule has 1 aromatic heterocycles. The van der Waals surface area contributed by atoms with E-state index >= 15 is 0 Å². The Balaban J connectivity index is 1.88. The Morgan fingerprint density at radius 2 is 2.28 bits per heavy atom. The van der Waals surface area contributed by atoms with E-state index in [0.717, 1.165) is 22.8 Å². The lowest BCUT2D eigenvalue weighted by Gasteiger charge is -1.98. The van der Waals surface area contributed by atoms with Crippen LogP contribution in [0.25, 0.3) is 0 Å². The van der Waals surface area contributed by atoms with Crippen molar-refractivity contribution >= 4 is 23.4 Å². The van der Waals surface area contributed by atoms with E-state index in [0.29, 0.717) is 24.0 Å². The highest BCUT2D eigenvalue weighted by atomic mass is 35.5. The van der Waals surface area contributed by atoms with Gasteiger partial charge in [0, 0.05) is 16.3 Å². The third-order valence-electron chi connectivity index (χ3n) is 2.27. The van der Waals surface area contributed by atoms with Crippen molar-refractivity contribution in [3.8, 4) is 0 Å². The quantitative estimate of drug-likeness (QED) is 0.826. The Morgan fingerprint density at radius 1 is 1.39 bits per heavy atom. The number of nitrogens with zero attached hydrogens (tertiary/aromatic N) is 2. The topological polar surface area (TPSA) is 64.9 Å². The second kappa shape index (κ2) is 6.78. The average Bonchev–Trinajstić information content (AvgIpc) is 2.82. The van der Waals surface area contributed by atoms with E-state index < -0.39 is 0 Å². The summed E-state index contributed by atoms with van der Waals surface area (Å²) < 4.78 is 5.12. The molecule has 0 aliphatic rings. The van der Waals surface area contributed by atoms with Gasteiger partial charge in [0.15, 0.2) is 5.82 Å². The molecule has 0 radical (unpaired) electrons. The Hall–Kier alpha value is -1.04. The number of nitrogens with two attached hydrogens (primary N) is 1. The summed E-state index contributed by atoms with van der Waals surface area (Å²) in [5.74, 6) is 2.03. The summed E-state index contributed by atoms with van der Waals surface area (Å²) in [6.45, 7) is 0.634. The number of aromatic nitrogens is 2. The third-order valence-corrected chi connectivity index (χ3v) is 3.49. The van der Waals surface area contributed by atoms with E-state index in [2.05, 4.69) is 10.1 Å². The summed E-state index contributed by atoms with van der Waals surface area (Å²) in [4.78, 5) is 5.39. The minimum atomic E-state index is 0.634. The number of thioether (sulfide) groups is 1. The molecule has 0 atom stereocenters. The van der Waals surface area contributed by atoms with Crippen LogP contribution in [0.4, 0.5) is 0 Å². The summed E-state index contributed by atoms with van der Waals surface area (Å²) in [6, 6.07) is 7.70. The predicted molar refractivity (Wildman–Crippen MR) is 72.7 cm³/mol. The van der Waals surface area contributed by atoms with Crippen LogP contribution in [0.3, 0.4) is 0 Å². The Labute approximate surface area is 115 Å². The van der Waals surface area contributed by atoms with Gasteiger partial charge in [0.1, 0.15) is 0 Å². The van der Waals surface area contributed by atoms with Crippen molar-refractivity contribution in [1.29, 1.82) is 0 Å². The summed E-state index contributed by atoms with van der Waals surface area (Å²) in [5, 5.41) is 4.66. The van der Waals surface area contributed by atoms with Crippen LogP contribution >= 0.6 is 23.4 Å². The molecule has 0 amide bonds. The fourth-order valence-corrected chi connectivity index (χ4v) is 2.46. The van der Waals surface area contributed by atoms with Gasteiger partial charge in [0.05, 0.1) is 5.75 Å². The van der Waals surface area contributed by atoms with Gasteiger partial charge >= 0.3 is 0 Å². The van der Waals surface area contributed by atoms with Crippen molar-refractivity contribution in [3.05, 3.63) is 41.0 Å². The first-order chi connectivity index (χ1) is 8.78. The summed E-state index contributed by atoms with van der Waals surface area (Å²) in [7, 11) is 0. The molecule has 6 heteroatoms. The Morgan fingerprint density at radius 3 is 3.06 bits per heavy atom. The fraction of sp³-hybridized carbons (Fsp3) is 0.333. The summed E-state index contributed by atoms with van der Waals surface area (Å²) in [5.41, 5.74) is 5.43. The molecule has 2 N–H and O–H groups in total. The molecule has 96 valence electrons. The molecule has 2 aromatic rings. The zero-order valence-corrected chi connectivity index (χ0v) is 11.4. The minimum absolute atomic E-state index is 0.634. The molecular weight excluding hydrogens is 270 g/mol. The van der Waals surface area contributed by atoms with Gasteiger partial charge < -0.3 is 10.3 Å². The van der Waals surface area contributed by atoms with Crippen molar-refractivity contribution in [1.82, 2.24) is 10.1 Å². The Kier molecular flexibility index (Phi) is 5.04. The molecule has 0 aliphatic heterocycles. The van der Waals surface area contributed by atoms with E-state index in [9.17, 15) is 0 Å². The first-order valence-corrected chi connectivity index (χ1v) is 7.04. The molecule has 1 aromatic carbocycles. The molecule has 1 heterocycles. The molecule has 0 saturated heterocycles. The van der Waals surface area contributed by atoms with E-state index in [4.69, 9.17) is 21.9 Å². The molecule has 4 nitrogen and oxygen atoms in total. The maximum absolute atomic E-state index is 5.91. The van der Waals surface area contributed by atoms with Crippen LogP contribution in [-0.4, -0.2) is 16.7 Å². The van der Waals surface area contributed by atoms with Gasteiger partial charge in [-0.05, 0) is 31.2 Å². The standard InChI is InChI=1S/C12H14ClN3OS/c13-9-3-1-4-10(7-9)18-8-11-15-12(17-16-11)5-2-6-14/h1,3-4,7H,2,5-6,8,14H2. The number of benzene rings is 1. The smallest absolute Gasteiger partial charge is 0.226 e. The fourth-order valence-electron chi connectivity index (χ4n) is 1.41. The van der Waals surface area contributed by atoms with Crippen LogP contribution in [0.5, 0.6) is 0 Å². The average molecular weight is 284 g/mol. The maximum atomic E-state index is 5.91. The van der Waals surface area contributed by atoms with Gasteiger partial charge in [-0.2, -0.15) is 4.98 Å². The number of rotatable bonds is 6. The van der Waals surface area contributed by atoms with E-state index in [1.807, 2.05) is 24.3 Å². The maximum Gasteiger partial charge on any atom is 0.226 e. The lowest BCUT2D eigenvalue weighted by atomic mass is 10.3. The first-order valence-electron chi connectivity index (χ1n) is 5.68. The molecule has 18 heavy (non-hydrogen) atoms. The van der Waals surface area contributed by atoms with Crippen LogP contribution in [-0.2, 0) is 12.2 Å². The summed E-state index contributed by atoms with van der Waals surface area (Å²) >= 11 is 7.54. The van der Waals surface area contributed by atoms with Gasteiger partial charge in [-0.3, -0.25) is 0 Å². The van der Waals surface area contributed by atoms with Crippen molar-refractivity contribution in [2.75, 3.05) is 6.54 Å². The van der Waals surface area contributed by atoms with Crippen molar-refractivity contribution in [2.24, 2.45) is 5.73 Å². The van der Waals surface area contributed by atoms with Crippen LogP contribution < -0.4 is 5.73 Å². The second-order valence-corrected chi connectivity index (χ2v) is 5.23. The second-order valence-electron chi connectivity index (χ2n) is 3.74. The lowest BCUT2D eigenvalue weighted by molar-refractivity contribution is 0.372. The van der Waals surface area contributed by atoms with Crippen LogP contribution in [0.2, 0.25) is 5.02 Å².